The lowest BCUT2D eigenvalue weighted by molar-refractivity contribution is 0.309. The van der Waals surface area contributed by atoms with Crippen molar-refractivity contribution in [3.63, 3.8) is 0 Å². The molecule has 1 aromatic carbocycles. The van der Waals surface area contributed by atoms with Crippen LogP contribution in [0.15, 0.2) is 48.7 Å². The topological polar surface area (TPSA) is 9.23 Å². The van der Waals surface area contributed by atoms with Crippen LogP contribution >= 0.6 is 0 Å². The van der Waals surface area contributed by atoms with E-state index in [0.29, 0.717) is 5.76 Å². The van der Waals surface area contributed by atoms with Crippen LogP contribution in [0.5, 0.6) is 0 Å². The first-order valence-electron chi connectivity index (χ1n) is 3.79. The first-order valence-corrected chi connectivity index (χ1v) is 3.79. The number of ether oxygens (including phenoxy) is 1. The molecule has 0 N–H and O–H groups in total. The van der Waals surface area contributed by atoms with Gasteiger partial charge >= 0.3 is 0 Å². The van der Waals surface area contributed by atoms with E-state index in [1.54, 1.807) is 7.11 Å². The van der Waals surface area contributed by atoms with Crippen molar-refractivity contribution in [3.8, 4) is 0 Å². The third-order valence-corrected chi connectivity index (χ3v) is 1.52. The van der Waals surface area contributed by atoms with Crippen LogP contribution in [0.1, 0.15) is 5.56 Å². The summed E-state index contributed by atoms with van der Waals surface area (Å²) in [5.41, 5.74) is 1.15. The molecule has 62 valence electrons. The largest absolute Gasteiger partial charge is 0.497 e. The lowest BCUT2D eigenvalue weighted by Crippen LogP contribution is -1.76. The van der Waals surface area contributed by atoms with Gasteiger partial charge in [0.1, 0.15) is 5.76 Å². The number of hydrogen-bond acceptors (Lipinski definition) is 1. The highest BCUT2D eigenvalue weighted by atomic mass is 16.5. The van der Waals surface area contributed by atoms with Crippen molar-refractivity contribution in [2.24, 2.45) is 0 Å². The van der Waals surface area contributed by atoms with E-state index in [1.807, 2.05) is 42.5 Å². The fourth-order valence-electron chi connectivity index (χ4n) is 0.821. The predicted octanol–water partition coefficient (Wildman–Crippen LogP) is 2.86. The zero-order valence-corrected chi connectivity index (χ0v) is 7.16. The number of allylic oxidation sites excluding steroid dienone is 1. The second kappa shape index (κ2) is 4.39. The van der Waals surface area contributed by atoms with Crippen LogP contribution in [0.2, 0.25) is 0 Å². The Morgan fingerprint density at radius 3 is 2.58 bits per heavy atom. The predicted molar refractivity (Wildman–Crippen MR) is 51.6 cm³/mol. The molecule has 1 aromatic rings. The van der Waals surface area contributed by atoms with Crippen molar-refractivity contribution in [1.82, 2.24) is 0 Å². The summed E-state index contributed by atoms with van der Waals surface area (Å²) in [4.78, 5) is 0. The first-order chi connectivity index (χ1) is 5.83. The molecule has 0 aromatic heterocycles. The van der Waals surface area contributed by atoms with Gasteiger partial charge in [-0.2, -0.15) is 0 Å². The number of hydrogen-bond donors (Lipinski definition) is 0. The Morgan fingerprint density at radius 2 is 2.00 bits per heavy atom. The van der Waals surface area contributed by atoms with Crippen LogP contribution in [0.4, 0.5) is 0 Å². The molecular weight excluding hydrogens is 148 g/mol. The second-order valence-corrected chi connectivity index (χ2v) is 2.41. The summed E-state index contributed by atoms with van der Waals surface area (Å²) in [5.74, 6) is 0.666. The maximum Gasteiger partial charge on any atom is 0.111 e. The summed E-state index contributed by atoms with van der Waals surface area (Å²) in [6.07, 6.45) is 3.81. The number of benzene rings is 1. The molecule has 0 atom stereocenters. The lowest BCUT2D eigenvalue weighted by Gasteiger charge is -1.95. The Bertz CT molecular complexity index is 272. The monoisotopic (exact) mass is 160 g/mol. The fourth-order valence-corrected chi connectivity index (χ4v) is 0.821. The molecule has 0 unspecified atom stereocenters. The van der Waals surface area contributed by atoms with E-state index in [4.69, 9.17) is 4.74 Å². The van der Waals surface area contributed by atoms with Gasteiger partial charge in [0.2, 0.25) is 0 Å². The molecule has 0 saturated heterocycles. The number of rotatable bonds is 3. The summed E-state index contributed by atoms with van der Waals surface area (Å²) in [7, 11) is 1.61. The van der Waals surface area contributed by atoms with Gasteiger partial charge in [-0.1, -0.05) is 43.0 Å². The molecule has 0 fully saturated rings. The molecule has 1 rings (SSSR count). The summed E-state index contributed by atoms with van der Waals surface area (Å²) in [6, 6.07) is 10.0. The molecule has 0 spiro atoms. The highest BCUT2D eigenvalue weighted by molar-refractivity contribution is 5.51. The molecule has 0 heterocycles. The van der Waals surface area contributed by atoms with Crippen LogP contribution in [-0.4, -0.2) is 7.11 Å². The average Bonchev–Trinajstić information content (AvgIpc) is 2.16. The van der Waals surface area contributed by atoms with Gasteiger partial charge in [0.05, 0.1) is 7.11 Å². The summed E-state index contributed by atoms with van der Waals surface area (Å²) < 4.78 is 4.89. The molecule has 0 amide bonds. The standard InChI is InChI=1S/C11H12O/c1-10(12-2)8-9-11-6-4-3-5-7-11/h3-9H,1H2,2H3. The molecular formula is C11H12O. The summed E-state index contributed by atoms with van der Waals surface area (Å²) in [6.45, 7) is 3.68. The Morgan fingerprint density at radius 1 is 1.33 bits per heavy atom. The van der Waals surface area contributed by atoms with Gasteiger partial charge in [-0.05, 0) is 11.6 Å². The Hall–Kier alpha value is -1.50. The molecule has 0 aliphatic rings. The zero-order chi connectivity index (χ0) is 8.81. The molecule has 0 aliphatic heterocycles. The molecule has 1 heteroatoms. The third-order valence-electron chi connectivity index (χ3n) is 1.52. The van der Waals surface area contributed by atoms with Gasteiger partial charge < -0.3 is 4.74 Å². The molecule has 0 bridgehead atoms. The second-order valence-electron chi connectivity index (χ2n) is 2.41. The molecule has 0 radical (unpaired) electrons. The van der Waals surface area contributed by atoms with Gasteiger partial charge in [-0.25, -0.2) is 0 Å². The SMILES string of the molecule is C=C(C=Cc1ccccc1)OC. The molecule has 12 heavy (non-hydrogen) atoms. The number of methoxy groups -OCH3 is 1. The summed E-state index contributed by atoms with van der Waals surface area (Å²) >= 11 is 0. The van der Waals surface area contributed by atoms with Crippen LogP contribution < -0.4 is 0 Å². The molecule has 0 aliphatic carbocycles. The highest BCUT2D eigenvalue weighted by Crippen LogP contribution is 2.03. The van der Waals surface area contributed by atoms with Crippen LogP contribution in [-0.2, 0) is 4.74 Å². The average molecular weight is 160 g/mol. The minimum atomic E-state index is 0.666. The minimum Gasteiger partial charge on any atom is -0.497 e. The van der Waals surface area contributed by atoms with Crippen LogP contribution in [0, 0.1) is 0 Å². The van der Waals surface area contributed by atoms with E-state index >= 15 is 0 Å². The van der Waals surface area contributed by atoms with Crippen LogP contribution in [0.3, 0.4) is 0 Å². The van der Waals surface area contributed by atoms with Crippen molar-refractivity contribution < 1.29 is 4.74 Å². The zero-order valence-electron chi connectivity index (χ0n) is 7.16. The Labute approximate surface area is 73.0 Å². The van der Waals surface area contributed by atoms with Gasteiger partial charge in [-0.3, -0.25) is 0 Å². The van der Waals surface area contributed by atoms with E-state index in [1.165, 1.54) is 0 Å². The van der Waals surface area contributed by atoms with Gasteiger partial charge in [0.25, 0.3) is 0 Å². The maximum absolute atomic E-state index is 4.89. The quantitative estimate of drug-likeness (QED) is 0.488. The van der Waals surface area contributed by atoms with Gasteiger partial charge in [0, 0.05) is 0 Å². The normalized spacial score (nSPS) is 10.1. The first kappa shape index (κ1) is 8.60. The Kier molecular flexibility index (Phi) is 3.15. The van der Waals surface area contributed by atoms with Crippen LogP contribution in [0.25, 0.3) is 6.08 Å². The van der Waals surface area contributed by atoms with E-state index < -0.39 is 0 Å². The molecule has 1 nitrogen and oxygen atoms in total. The molecule has 0 saturated carbocycles. The van der Waals surface area contributed by atoms with Crippen molar-refractivity contribution in [3.05, 3.63) is 54.3 Å². The van der Waals surface area contributed by atoms with E-state index in [-0.39, 0.29) is 0 Å². The smallest absolute Gasteiger partial charge is 0.111 e. The van der Waals surface area contributed by atoms with Crippen molar-refractivity contribution in [2.45, 2.75) is 0 Å². The maximum atomic E-state index is 4.89. The van der Waals surface area contributed by atoms with E-state index in [2.05, 4.69) is 6.58 Å². The van der Waals surface area contributed by atoms with Crippen molar-refractivity contribution in [1.29, 1.82) is 0 Å². The van der Waals surface area contributed by atoms with E-state index in [0.717, 1.165) is 5.56 Å². The highest BCUT2D eigenvalue weighted by Gasteiger charge is 1.84. The van der Waals surface area contributed by atoms with Gasteiger partial charge in [-0.15, -0.1) is 0 Å². The van der Waals surface area contributed by atoms with Gasteiger partial charge in [0.15, 0.2) is 0 Å². The third kappa shape index (κ3) is 2.62. The summed E-state index contributed by atoms with van der Waals surface area (Å²) in [5, 5.41) is 0. The fraction of sp³-hybridized carbons (Fsp3) is 0.0909. The minimum absolute atomic E-state index is 0.666. The lowest BCUT2D eigenvalue weighted by atomic mass is 10.2. The van der Waals surface area contributed by atoms with Crippen molar-refractivity contribution in [2.75, 3.05) is 7.11 Å². The van der Waals surface area contributed by atoms with Crippen molar-refractivity contribution >= 4 is 6.08 Å². The van der Waals surface area contributed by atoms with E-state index in [9.17, 15) is 0 Å². The Balaban J connectivity index is 2.64.